The third kappa shape index (κ3) is 4.73. The molecular formula is C13H12F4O2. The summed E-state index contributed by atoms with van der Waals surface area (Å²) in [7, 11) is 0. The average molecular weight is 276 g/mol. The zero-order valence-electron chi connectivity index (χ0n) is 10.1. The predicted molar refractivity (Wildman–Crippen MR) is 61.7 cm³/mol. The third-order valence-electron chi connectivity index (χ3n) is 2.20. The zero-order chi connectivity index (χ0) is 14.5. The van der Waals surface area contributed by atoms with Crippen molar-refractivity contribution < 1.29 is 27.1 Å². The summed E-state index contributed by atoms with van der Waals surface area (Å²) in [5.74, 6) is -1.80. The van der Waals surface area contributed by atoms with Crippen LogP contribution in [0.15, 0.2) is 24.3 Å². The highest BCUT2D eigenvalue weighted by Gasteiger charge is 2.33. The van der Waals surface area contributed by atoms with E-state index in [1.807, 2.05) is 0 Å². The predicted octanol–water partition coefficient (Wildman–Crippen LogP) is 3.81. The lowest BCUT2D eigenvalue weighted by atomic mass is 10.1. The molecule has 6 heteroatoms. The van der Waals surface area contributed by atoms with E-state index in [4.69, 9.17) is 0 Å². The summed E-state index contributed by atoms with van der Waals surface area (Å²) in [6.07, 6.45) is -2.11. The third-order valence-corrected chi connectivity index (χ3v) is 2.20. The van der Waals surface area contributed by atoms with Crippen LogP contribution in [0, 0.1) is 5.82 Å². The summed E-state index contributed by atoms with van der Waals surface area (Å²) in [4.78, 5) is 11.0. The van der Waals surface area contributed by atoms with E-state index in [0.717, 1.165) is 6.07 Å². The lowest BCUT2D eigenvalue weighted by molar-refractivity contribution is -0.142. The zero-order valence-corrected chi connectivity index (χ0v) is 10.1. The van der Waals surface area contributed by atoms with Crippen LogP contribution in [0.2, 0.25) is 0 Å². The normalized spacial score (nSPS) is 11.8. The molecule has 19 heavy (non-hydrogen) atoms. The highest BCUT2D eigenvalue weighted by molar-refractivity contribution is 5.72. The second-order valence-corrected chi connectivity index (χ2v) is 3.65. The van der Waals surface area contributed by atoms with Crippen molar-refractivity contribution >= 4 is 12.0 Å². The average Bonchev–Trinajstić information content (AvgIpc) is 2.30. The first-order valence-corrected chi connectivity index (χ1v) is 5.53. The van der Waals surface area contributed by atoms with E-state index in [1.54, 1.807) is 6.92 Å². The summed E-state index contributed by atoms with van der Waals surface area (Å²) in [5, 5.41) is 0. The fourth-order valence-corrected chi connectivity index (χ4v) is 1.37. The van der Waals surface area contributed by atoms with Crippen molar-refractivity contribution in [2.45, 2.75) is 19.5 Å². The van der Waals surface area contributed by atoms with Gasteiger partial charge in [-0.2, -0.15) is 13.2 Å². The SMILES string of the molecule is CCOC(=O)CC=Cc1ccc(F)c(C(F)(F)F)c1. The van der Waals surface area contributed by atoms with Gasteiger partial charge in [0.2, 0.25) is 0 Å². The van der Waals surface area contributed by atoms with Gasteiger partial charge in [-0.25, -0.2) is 4.39 Å². The van der Waals surface area contributed by atoms with Crippen LogP contribution in [0.5, 0.6) is 0 Å². The molecule has 0 saturated carbocycles. The Bertz CT molecular complexity index is 478. The van der Waals surface area contributed by atoms with Crippen molar-refractivity contribution in [3.05, 3.63) is 41.2 Å². The van der Waals surface area contributed by atoms with Gasteiger partial charge in [0.25, 0.3) is 0 Å². The van der Waals surface area contributed by atoms with Crippen molar-refractivity contribution in [2.75, 3.05) is 6.61 Å². The minimum atomic E-state index is -4.74. The Hall–Kier alpha value is -1.85. The van der Waals surface area contributed by atoms with Gasteiger partial charge in [-0.1, -0.05) is 18.2 Å². The van der Waals surface area contributed by atoms with Gasteiger partial charge in [0.15, 0.2) is 0 Å². The quantitative estimate of drug-likeness (QED) is 0.617. The van der Waals surface area contributed by atoms with Gasteiger partial charge in [-0.05, 0) is 24.6 Å². The Morgan fingerprint density at radius 1 is 1.37 bits per heavy atom. The molecule has 1 aromatic rings. The molecule has 104 valence electrons. The summed E-state index contributed by atoms with van der Waals surface area (Å²) in [6.45, 7) is 1.89. The summed E-state index contributed by atoms with van der Waals surface area (Å²) in [5.41, 5.74) is -1.16. The second-order valence-electron chi connectivity index (χ2n) is 3.65. The van der Waals surface area contributed by atoms with Crippen LogP contribution < -0.4 is 0 Å². The summed E-state index contributed by atoms with van der Waals surface area (Å²) in [6, 6.07) is 2.63. The van der Waals surface area contributed by atoms with Crippen LogP contribution in [0.3, 0.4) is 0 Å². The number of carbonyl (C=O) groups is 1. The highest BCUT2D eigenvalue weighted by atomic mass is 19.4. The first-order valence-electron chi connectivity index (χ1n) is 5.53. The van der Waals surface area contributed by atoms with Gasteiger partial charge >= 0.3 is 12.1 Å². The molecule has 0 saturated heterocycles. The molecule has 0 atom stereocenters. The molecule has 0 aliphatic rings. The maximum absolute atomic E-state index is 13.0. The van der Waals surface area contributed by atoms with Crippen LogP contribution in [-0.2, 0) is 15.7 Å². The van der Waals surface area contributed by atoms with Gasteiger partial charge in [0, 0.05) is 0 Å². The van der Waals surface area contributed by atoms with Crippen LogP contribution in [0.25, 0.3) is 6.08 Å². The maximum Gasteiger partial charge on any atom is 0.419 e. The monoisotopic (exact) mass is 276 g/mol. The number of carbonyl (C=O) groups excluding carboxylic acids is 1. The Kier molecular flexibility index (Phi) is 5.09. The van der Waals surface area contributed by atoms with Crippen LogP contribution in [0.1, 0.15) is 24.5 Å². The molecule has 0 spiro atoms. The summed E-state index contributed by atoms with van der Waals surface area (Å²) >= 11 is 0. The molecule has 0 aliphatic heterocycles. The van der Waals surface area contributed by atoms with E-state index >= 15 is 0 Å². The van der Waals surface area contributed by atoms with Gasteiger partial charge < -0.3 is 4.74 Å². The largest absolute Gasteiger partial charge is 0.466 e. The van der Waals surface area contributed by atoms with Gasteiger partial charge in [0.05, 0.1) is 18.6 Å². The lowest BCUT2D eigenvalue weighted by Crippen LogP contribution is -2.08. The lowest BCUT2D eigenvalue weighted by Gasteiger charge is -2.08. The first-order chi connectivity index (χ1) is 8.84. The number of hydrogen-bond acceptors (Lipinski definition) is 2. The van der Waals surface area contributed by atoms with Crippen molar-refractivity contribution in [1.82, 2.24) is 0 Å². The fourth-order valence-electron chi connectivity index (χ4n) is 1.37. The van der Waals surface area contributed by atoms with E-state index in [1.165, 1.54) is 18.2 Å². The molecule has 0 heterocycles. The van der Waals surface area contributed by atoms with Crippen LogP contribution in [0.4, 0.5) is 17.6 Å². The minimum Gasteiger partial charge on any atom is -0.466 e. The van der Waals surface area contributed by atoms with Gasteiger partial charge in [0.1, 0.15) is 5.82 Å². The van der Waals surface area contributed by atoms with Gasteiger partial charge in [-0.15, -0.1) is 0 Å². The Morgan fingerprint density at radius 2 is 2.05 bits per heavy atom. The number of halogens is 4. The van der Waals surface area contributed by atoms with Crippen molar-refractivity contribution in [1.29, 1.82) is 0 Å². The smallest absolute Gasteiger partial charge is 0.419 e. The number of esters is 1. The van der Waals surface area contributed by atoms with E-state index < -0.39 is 23.5 Å². The highest BCUT2D eigenvalue weighted by Crippen LogP contribution is 2.32. The number of alkyl halides is 3. The second kappa shape index (κ2) is 6.36. The van der Waals surface area contributed by atoms with E-state index in [2.05, 4.69) is 4.74 Å². The summed E-state index contributed by atoms with van der Waals surface area (Å²) < 4.78 is 55.0. The minimum absolute atomic E-state index is 0.0490. The Morgan fingerprint density at radius 3 is 2.63 bits per heavy atom. The molecule has 0 bridgehead atoms. The Balaban J connectivity index is 2.80. The Labute approximate surface area is 107 Å². The molecule has 0 fully saturated rings. The van der Waals surface area contributed by atoms with E-state index in [-0.39, 0.29) is 18.6 Å². The number of hydrogen-bond donors (Lipinski definition) is 0. The van der Waals surface area contributed by atoms with Crippen molar-refractivity contribution in [3.8, 4) is 0 Å². The standard InChI is InChI=1S/C13H12F4O2/c1-2-19-12(18)5-3-4-9-6-7-11(14)10(8-9)13(15,16)17/h3-4,6-8H,2,5H2,1H3. The molecule has 0 aliphatic carbocycles. The van der Waals surface area contributed by atoms with Crippen molar-refractivity contribution in [3.63, 3.8) is 0 Å². The molecule has 0 radical (unpaired) electrons. The van der Waals surface area contributed by atoms with Gasteiger partial charge in [-0.3, -0.25) is 4.79 Å². The van der Waals surface area contributed by atoms with Crippen molar-refractivity contribution in [2.24, 2.45) is 0 Å². The maximum atomic E-state index is 13.0. The number of rotatable bonds is 4. The van der Waals surface area contributed by atoms with E-state index in [9.17, 15) is 22.4 Å². The fraction of sp³-hybridized carbons (Fsp3) is 0.308. The van der Waals surface area contributed by atoms with Crippen LogP contribution in [-0.4, -0.2) is 12.6 Å². The number of benzene rings is 1. The molecule has 0 unspecified atom stereocenters. The molecular weight excluding hydrogens is 264 g/mol. The molecule has 1 rings (SSSR count). The molecule has 0 aromatic heterocycles. The van der Waals surface area contributed by atoms with E-state index in [0.29, 0.717) is 6.07 Å². The molecule has 1 aromatic carbocycles. The first kappa shape index (κ1) is 15.2. The van der Waals surface area contributed by atoms with Crippen LogP contribution >= 0.6 is 0 Å². The topological polar surface area (TPSA) is 26.3 Å². The molecule has 0 N–H and O–H groups in total. The molecule has 0 amide bonds. The number of ether oxygens (including phenoxy) is 1. The molecule has 2 nitrogen and oxygen atoms in total.